The van der Waals surface area contributed by atoms with Gasteiger partial charge in [0, 0.05) is 23.1 Å². The lowest BCUT2D eigenvalue weighted by Gasteiger charge is -2.08. The third-order valence-corrected chi connectivity index (χ3v) is 6.71. The summed E-state index contributed by atoms with van der Waals surface area (Å²) in [6, 6.07) is 12.0. The Labute approximate surface area is 203 Å². The molecule has 3 aromatic heterocycles. The van der Waals surface area contributed by atoms with Crippen LogP contribution in [0.4, 0.5) is 4.39 Å². The van der Waals surface area contributed by atoms with Gasteiger partial charge in [-0.2, -0.15) is 0 Å². The van der Waals surface area contributed by atoms with Gasteiger partial charge in [-0.1, -0.05) is 25.1 Å². The standard InChI is InChI=1S/C26H21BrFN3O3/c1-4-20-30-23-13(2)10-14(3)29-25(23)31(20)12-15-8-9-19-17(11-15)22(27)24(34-19)16-6-5-7-18(28)21(16)26(32)33/h5-11H,4,12H2,1-3H3,(H,32,33). The van der Waals surface area contributed by atoms with Crippen molar-refractivity contribution in [3.8, 4) is 11.3 Å². The number of aromatic carboxylic acids is 1. The van der Waals surface area contributed by atoms with Crippen LogP contribution < -0.4 is 0 Å². The van der Waals surface area contributed by atoms with Crippen LogP contribution in [0.5, 0.6) is 0 Å². The van der Waals surface area contributed by atoms with Gasteiger partial charge in [0.2, 0.25) is 0 Å². The van der Waals surface area contributed by atoms with Gasteiger partial charge in [-0.15, -0.1) is 0 Å². The highest BCUT2D eigenvalue weighted by molar-refractivity contribution is 9.10. The molecule has 2 aromatic carbocycles. The molecule has 172 valence electrons. The summed E-state index contributed by atoms with van der Waals surface area (Å²) in [7, 11) is 0. The number of carbonyl (C=O) groups is 1. The topological polar surface area (TPSA) is 81.2 Å². The van der Waals surface area contributed by atoms with Crippen LogP contribution in [0.1, 0.15) is 39.9 Å². The Morgan fingerprint density at radius 3 is 2.71 bits per heavy atom. The SMILES string of the molecule is CCc1nc2c(C)cc(C)nc2n1Cc1ccc2oc(-c3cccc(F)c3C(=O)O)c(Br)c2c1. The third kappa shape index (κ3) is 3.58. The van der Waals surface area contributed by atoms with Gasteiger partial charge in [0.15, 0.2) is 11.4 Å². The van der Waals surface area contributed by atoms with Crippen molar-refractivity contribution < 1.29 is 18.7 Å². The van der Waals surface area contributed by atoms with E-state index in [9.17, 15) is 14.3 Å². The minimum Gasteiger partial charge on any atom is -0.478 e. The quantitative estimate of drug-likeness (QED) is 0.279. The maximum absolute atomic E-state index is 14.3. The van der Waals surface area contributed by atoms with Crippen molar-refractivity contribution in [2.24, 2.45) is 0 Å². The molecule has 0 saturated heterocycles. The smallest absolute Gasteiger partial charge is 0.339 e. The number of rotatable bonds is 5. The second-order valence-corrected chi connectivity index (χ2v) is 9.06. The molecule has 0 bridgehead atoms. The largest absolute Gasteiger partial charge is 0.478 e. The fourth-order valence-electron chi connectivity index (χ4n) is 4.38. The summed E-state index contributed by atoms with van der Waals surface area (Å²) in [6.45, 7) is 6.66. The van der Waals surface area contributed by atoms with E-state index in [4.69, 9.17) is 14.4 Å². The van der Waals surface area contributed by atoms with E-state index < -0.39 is 17.3 Å². The Morgan fingerprint density at radius 2 is 1.97 bits per heavy atom. The average molecular weight is 522 g/mol. The molecule has 0 saturated carbocycles. The lowest BCUT2D eigenvalue weighted by molar-refractivity contribution is 0.0692. The van der Waals surface area contributed by atoms with Gasteiger partial charge in [0.05, 0.1) is 11.0 Å². The molecule has 6 nitrogen and oxygen atoms in total. The molecule has 0 unspecified atom stereocenters. The molecule has 5 rings (SSSR count). The van der Waals surface area contributed by atoms with E-state index in [0.29, 0.717) is 16.6 Å². The summed E-state index contributed by atoms with van der Waals surface area (Å²) < 4.78 is 22.9. The first-order chi connectivity index (χ1) is 16.3. The number of aromatic nitrogens is 3. The van der Waals surface area contributed by atoms with E-state index in [0.717, 1.165) is 51.7 Å². The second kappa shape index (κ2) is 8.36. The van der Waals surface area contributed by atoms with Crippen LogP contribution >= 0.6 is 15.9 Å². The molecule has 34 heavy (non-hydrogen) atoms. The number of carboxylic acids is 1. The fraction of sp³-hybridized carbons (Fsp3) is 0.192. The maximum atomic E-state index is 14.3. The molecule has 0 fully saturated rings. The predicted octanol–water partition coefficient (Wildman–Crippen LogP) is 6.67. The second-order valence-electron chi connectivity index (χ2n) is 8.26. The molecule has 0 amide bonds. The molecule has 3 heterocycles. The summed E-state index contributed by atoms with van der Waals surface area (Å²) in [5.41, 5.74) is 5.14. The zero-order chi connectivity index (χ0) is 24.1. The number of fused-ring (bicyclic) bond motifs is 2. The number of nitrogens with zero attached hydrogens (tertiary/aromatic N) is 3. The molecule has 5 aromatic rings. The summed E-state index contributed by atoms with van der Waals surface area (Å²) >= 11 is 3.55. The molecule has 0 atom stereocenters. The van der Waals surface area contributed by atoms with E-state index in [-0.39, 0.29) is 11.3 Å². The highest BCUT2D eigenvalue weighted by atomic mass is 79.9. The number of pyridine rings is 1. The first-order valence-corrected chi connectivity index (χ1v) is 11.6. The minimum atomic E-state index is -1.35. The van der Waals surface area contributed by atoms with Crippen LogP contribution in [0.25, 0.3) is 33.5 Å². The Hall–Kier alpha value is -3.52. The lowest BCUT2D eigenvalue weighted by Crippen LogP contribution is -2.05. The Bertz CT molecular complexity index is 1600. The van der Waals surface area contributed by atoms with E-state index in [1.807, 2.05) is 38.1 Å². The van der Waals surface area contributed by atoms with E-state index in [1.54, 1.807) is 0 Å². The highest BCUT2D eigenvalue weighted by Crippen LogP contribution is 2.40. The van der Waals surface area contributed by atoms with Gasteiger partial charge < -0.3 is 14.1 Å². The number of imidazole rings is 1. The number of carboxylic acid groups (broad SMARTS) is 1. The van der Waals surface area contributed by atoms with E-state index in [1.165, 1.54) is 12.1 Å². The van der Waals surface area contributed by atoms with Crippen molar-refractivity contribution >= 4 is 44.0 Å². The normalized spacial score (nSPS) is 11.6. The van der Waals surface area contributed by atoms with Crippen molar-refractivity contribution in [1.29, 1.82) is 0 Å². The van der Waals surface area contributed by atoms with Crippen molar-refractivity contribution in [2.45, 2.75) is 33.7 Å². The maximum Gasteiger partial charge on any atom is 0.339 e. The number of hydrogen-bond donors (Lipinski definition) is 1. The van der Waals surface area contributed by atoms with Gasteiger partial charge in [-0.25, -0.2) is 19.2 Å². The van der Waals surface area contributed by atoms with Crippen molar-refractivity contribution in [3.05, 3.63) is 81.0 Å². The fourth-order valence-corrected chi connectivity index (χ4v) is 4.99. The summed E-state index contributed by atoms with van der Waals surface area (Å²) in [4.78, 5) is 21.2. The first-order valence-electron chi connectivity index (χ1n) is 10.8. The van der Waals surface area contributed by atoms with E-state index >= 15 is 0 Å². The van der Waals surface area contributed by atoms with Crippen molar-refractivity contribution in [2.75, 3.05) is 0 Å². The van der Waals surface area contributed by atoms with Crippen molar-refractivity contribution in [3.63, 3.8) is 0 Å². The van der Waals surface area contributed by atoms with E-state index in [2.05, 4.69) is 27.4 Å². The van der Waals surface area contributed by atoms with Gasteiger partial charge in [-0.3, -0.25) is 0 Å². The lowest BCUT2D eigenvalue weighted by atomic mass is 10.0. The molecule has 0 radical (unpaired) electrons. The summed E-state index contributed by atoms with van der Waals surface area (Å²) in [5.74, 6) is -0.929. The van der Waals surface area contributed by atoms with Crippen LogP contribution in [0.2, 0.25) is 0 Å². The first kappa shape index (κ1) is 22.3. The average Bonchev–Trinajstić information content (AvgIpc) is 3.31. The van der Waals surface area contributed by atoms with Crippen LogP contribution in [0, 0.1) is 19.7 Å². The van der Waals surface area contributed by atoms with Crippen LogP contribution in [-0.4, -0.2) is 25.6 Å². The Balaban J connectivity index is 1.62. The van der Waals surface area contributed by atoms with Crippen LogP contribution in [0.3, 0.4) is 0 Å². The van der Waals surface area contributed by atoms with Crippen molar-refractivity contribution in [1.82, 2.24) is 14.5 Å². The molecule has 0 aliphatic carbocycles. The summed E-state index contributed by atoms with van der Waals surface area (Å²) in [6.07, 6.45) is 0.772. The van der Waals surface area contributed by atoms with Gasteiger partial charge in [-0.05, 0) is 65.2 Å². The van der Waals surface area contributed by atoms with Crippen LogP contribution in [-0.2, 0) is 13.0 Å². The molecule has 1 N–H and O–H groups in total. The third-order valence-electron chi connectivity index (χ3n) is 5.92. The van der Waals surface area contributed by atoms with Gasteiger partial charge in [0.1, 0.15) is 28.3 Å². The zero-order valence-corrected chi connectivity index (χ0v) is 20.4. The zero-order valence-electron chi connectivity index (χ0n) is 18.8. The molecule has 0 spiro atoms. The number of aryl methyl sites for hydroxylation is 3. The molecule has 0 aliphatic heterocycles. The molecule has 8 heteroatoms. The summed E-state index contributed by atoms with van der Waals surface area (Å²) in [5, 5.41) is 10.3. The van der Waals surface area contributed by atoms with Crippen LogP contribution in [0.15, 0.2) is 51.4 Å². The number of benzene rings is 2. The number of halogens is 2. The number of hydrogen-bond acceptors (Lipinski definition) is 4. The Kier molecular flexibility index (Phi) is 5.48. The predicted molar refractivity (Wildman–Crippen MR) is 132 cm³/mol. The monoisotopic (exact) mass is 521 g/mol. The Morgan fingerprint density at radius 1 is 1.18 bits per heavy atom. The molecular formula is C26H21BrFN3O3. The molecule has 0 aliphatic rings. The van der Waals surface area contributed by atoms with Gasteiger partial charge in [0.25, 0.3) is 0 Å². The number of furan rings is 1. The minimum absolute atomic E-state index is 0.182. The molecular weight excluding hydrogens is 501 g/mol. The highest BCUT2D eigenvalue weighted by Gasteiger charge is 2.23. The van der Waals surface area contributed by atoms with Gasteiger partial charge >= 0.3 is 5.97 Å².